The highest BCUT2D eigenvalue weighted by Gasteiger charge is 2.14. The minimum absolute atomic E-state index is 0.190. The maximum absolute atomic E-state index is 12.4. The average molecular weight is 434 g/mol. The summed E-state index contributed by atoms with van der Waals surface area (Å²) in [4.78, 5) is 0.190. The summed E-state index contributed by atoms with van der Waals surface area (Å²) in [6.07, 6.45) is 0. The van der Waals surface area contributed by atoms with Crippen molar-refractivity contribution in [2.75, 3.05) is 11.8 Å². The maximum Gasteiger partial charge on any atom is 0.261 e. The van der Waals surface area contributed by atoms with Gasteiger partial charge in [-0.15, -0.1) is 0 Å². The molecule has 1 N–H and O–H groups in total. The van der Waals surface area contributed by atoms with Crippen molar-refractivity contribution in [1.29, 1.82) is 0 Å². The minimum atomic E-state index is -3.64. The zero-order chi connectivity index (χ0) is 18.6. The predicted octanol–water partition coefficient (Wildman–Crippen LogP) is 5.05. The molecule has 3 aromatic rings. The summed E-state index contributed by atoms with van der Waals surface area (Å²) in [5.74, 6) is 1.77. The molecule has 5 nitrogen and oxygen atoms in total. The molecule has 0 aliphatic heterocycles. The summed E-state index contributed by atoms with van der Waals surface area (Å²) in [5.41, 5.74) is 0.445. The van der Waals surface area contributed by atoms with E-state index in [0.29, 0.717) is 22.9 Å². The van der Waals surface area contributed by atoms with Gasteiger partial charge in [0.2, 0.25) is 0 Å². The molecule has 26 heavy (non-hydrogen) atoms. The minimum Gasteiger partial charge on any atom is -0.493 e. The molecule has 0 saturated heterocycles. The van der Waals surface area contributed by atoms with E-state index >= 15 is 0 Å². The van der Waals surface area contributed by atoms with E-state index < -0.39 is 10.0 Å². The molecule has 3 rings (SSSR count). The van der Waals surface area contributed by atoms with Crippen LogP contribution in [0.3, 0.4) is 0 Å². The van der Waals surface area contributed by atoms with E-state index in [2.05, 4.69) is 20.7 Å². The van der Waals surface area contributed by atoms with Crippen LogP contribution in [0.2, 0.25) is 0 Å². The van der Waals surface area contributed by atoms with Gasteiger partial charge >= 0.3 is 0 Å². The van der Waals surface area contributed by atoms with Gasteiger partial charge in [0.25, 0.3) is 10.0 Å². The Labute approximate surface area is 160 Å². The number of sulfonamides is 1. The van der Waals surface area contributed by atoms with Crippen molar-refractivity contribution in [3.05, 3.63) is 77.3 Å². The van der Waals surface area contributed by atoms with Gasteiger partial charge in [0.15, 0.2) is 11.5 Å². The molecule has 134 valence electrons. The van der Waals surface area contributed by atoms with Crippen molar-refractivity contribution in [3.8, 4) is 17.2 Å². The molecule has 0 bridgehead atoms. The van der Waals surface area contributed by atoms with E-state index in [1.165, 1.54) is 12.1 Å². The van der Waals surface area contributed by atoms with Gasteiger partial charge in [-0.25, -0.2) is 8.42 Å². The topological polar surface area (TPSA) is 64.6 Å². The third kappa shape index (κ3) is 4.36. The van der Waals surface area contributed by atoms with E-state index in [9.17, 15) is 8.42 Å². The van der Waals surface area contributed by atoms with Crippen molar-refractivity contribution in [1.82, 2.24) is 0 Å². The Hall–Kier alpha value is -2.51. The molecule has 0 aliphatic rings. The zero-order valence-electron chi connectivity index (χ0n) is 13.8. The molecule has 0 unspecified atom stereocenters. The maximum atomic E-state index is 12.4. The highest BCUT2D eigenvalue weighted by Crippen LogP contribution is 2.31. The first-order chi connectivity index (χ1) is 12.5. The van der Waals surface area contributed by atoms with Crippen LogP contribution in [-0.4, -0.2) is 15.5 Å². The fourth-order valence-corrected chi connectivity index (χ4v) is 3.57. The summed E-state index contributed by atoms with van der Waals surface area (Å²) in [7, 11) is -2.07. The standard InChI is InChI=1S/C19H16BrNO4S/c1-24-18-4-2-3-5-19(18)25-16-10-8-15(9-11-16)21-26(22,23)17-12-6-14(20)7-13-17/h2-13,21H,1H3. The Morgan fingerprint density at radius 2 is 1.46 bits per heavy atom. The number of para-hydroxylation sites is 2. The smallest absolute Gasteiger partial charge is 0.261 e. The fourth-order valence-electron chi connectivity index (χ4n) is 2.25. The molecule has 0 spiro atoms. The monoisotopic (exact) mass is 433 g/mol. The highest BCUT2D eigenvalue weighted by atomic mass is 79.9. The number of hydrogen-bond donors (Lipinski definition) is 1. The first-order valence-electron chi connectivity index (χ1n) is 7.67. The summed E-state index contributed by atoms with van der Waals surface area (Å²) in [6, 6.07) is 20.4. The lowest BCUT2D eigenvalue weighted by Crippen LogP contribution is -2.12. The molecule has 0 atom stereocenters. The van der Waals surface area contributed by atoms with Crippen LogP contribution in [0.1, 0.15) is 0 Å². The van der Waals surface area contributed by atoms with Gasteiger partial charge in [-0.1, -0.05) is 28.1 Å². The van der Waals surface area contributed by atoms with E-state index in [1.54, 1.807) is 55.6 Å². The quantitative estimate of drug-likeness (QED) is 0.590. The van der Waals surface area contributed by atoms with E-state index in [4.69, 9.17) is 9.47 Å². The Morgan fingerprint density at radius 1 is 0.846 bits per heavy atom. The van der Waals surface area contributed by atoms with Gasteiger partial charge in [0, 0.05) is 10.2 Å². The molecule has 0 amide bonds. The summed E-state index contributed by atoms with van der Waals surface area (Å²) in [5, 5.41) is 0. The second-order valence-corrected chi connectivity index (χ2v) is 7.93. The first-order valence-corrected chi connectivity index (χ1v) is 9.95. The van der Waals surface area contributed by atoms with E-state index in [0.717, 1.165) is 4.47 Å². The van der Waals surface area contributed by atoms with Gasteiger partial charge in [0.05, 0.1) is 12.0 Å². The first kappa shape index (κ1) is 18.3. The molecule has 0 heterocycles. The largest absolute Gasteiger partial charge is 0.493 e. The van der Waals surface area contributed by atoms with Gasteiger partial charge in [-0.05, 0) is 60.7 Å². The van der Waals surface area contributed by atoms with Gasteiger partial charge in [0.1, 0.15) is 5.75 Å². The van der Waals surface area contributed by atoms with Crippen molar-refractivity contribution < 1.29 is 17.9 Å². The van der Waals surface area contributed by atoms with Crippen LogP contribution in [0.5, 0.6) is 17.2 Å². The molecular weight excluding hydrogens is 418 g/mol. The average Bonchev–Trinajstić information content (AvgIpc) is 2.64. The Bertz CT molecular complexity index is 987. The number of benzene rings is 3. The lowest BCUT2D eigenvalue weighted by atomic mass is 10.3. The van der Waals surface area contributed by atoms with E-state index in [-0.39, 0.29) is 4.90 Å². The number of rotatable bonds is 6. The molecule has 0 saturated carbocycles. The van der Waals surface area contributed by atoms with Crippen LogP contribution in [0.4, 0.5) is 5.69 Å². The van der Waals surface area contributed by atoms with Crippen LogP contribution in [0.25, 0.3) is 0 Å². The molecule has 0 aliphatic carbocycles. The number of anilines is 1. The van der Waals surface area contributed by atoms with Crippen molar-refractivity contribution in [2.24, 2.45) is 0 Å². The predicted molar refractivity (Wildman–Crippen MR) is 104 cm³/mol. The molecule has 3 aromatic carbocycles. The van der Waals surface area contributed by atoms with Crippen LogP contribution in [0.15, 0.2) is 82.2 Å². The summed E-state index contributed by atoms with van der Waals surface area (Å²) < 4.78 is 39.2. The normalized spacial score (nSPS) is 11.0. The Morgan fingerprint density at radius 3 is 2.08 bits per heavy atom. The van der Waals surface area contributed by atoms with Crippen molar-refractivity contribution in [2.45, 2.75) is 4.90 Å². The third-order valence-corrected chi connectivity index (χ3v) is 5.45. The fraction of sp³-hybridized carbons (Fsp3) is 0.0526. The second-order valence-electron chi connectivity index (χ2n) is 5.34. The number of halogens is 1. The third-order valence-electron chi connectivity index (χ3n) is 3.53. The van der Waals surface area contributed by atoms with Gasteiger partial charge in [-0.2, -0.15) is 0 Å². The van der Waals surface area contributed by atoms with Crippen LogP contribution < -0.4 is 14.2 Å². The molecule has 0 aromatic heterocycles. The second kappa shape index (κ2) is 7.80. The van der Waals surface area contributed by atoms with Crippen LogP contribution in [0, 0.1) is 0 Å². The lowest BCUT2D eigenvalue weighted by molar-refractivity contribution is 0.379. The number of nitrogens with one attached hydrogen (secondary N) is 1. The van der Waals surface area contributed by atoms with Crippen LogP contribution in [-0.2, 0) is 10.0 Å². The number of hydrogen-bond acceptors (Lipinski definition) is 4. The van der Waals surface area contributed by atoms with Gasteiger partial charge < -0.3 is 9.47 Å². The van der Waals surface area contributed by atoms with Crippen molar-refractivity contribution in [3.63, 3.8) is 0 Å². The lowest BCUT2D eigenvalue weighted by Gasteiger charge is -2.11. The molecular formula is C19H16BrNO4S. The van der Waals surface area contributed by atoms with Gasteiger partial charge in [-0.3, -0.25) is 4.72 Å². The number of methoxy groups -OCH3 is 1. The highest BCUT2D eigenvalue weighted by molar-refractivity contribution is 9.10. The SMILES string of the molecule is COc1ccccc1Oc1ccc(NS(=O)(=O)c2ccc(Br)cc2)cc1. The zero-order valence-corrected chi connectivity index (χ0v) is 16.2. The van der Waals surface area contributed by atoms with E-state index in [1.807, 2.05) is 12.1 Å². The molecule has 0 radical (unpaired) electrons. The summed E-state index contributed by atoms with van der Waals surface area (Å²) >= 11 is 3.29. The molecule has 7 heteroatoms. The summed E-state index contributed by atoms with van der Waals surface area (Å²) in [6.45, 7) is 0. The van der Waals surface area contributed by atoms with Crippen LogP contribution >= 0.6 is 15.9 Å². The number of ether oxygens (including phenoxy) is 2. The van der Waals surface area contributed by atoms with Crippen molar-refractivity contribution >= 4 is 31.6 Å². The molecule has 0 fully saturated rings. The Balaban J connectivity index is 1.74. The Kier molecular flexibility index (Phi) is 5.49.